The summed E-state index contributed by atoms with van der Waals surface area (Å²) in [7, 11) is 1.65. The largest absolute Gasteiger partial charge is 0.495 e. The molecule has 1 heterocycles. The van der Waals surface area contributed by atoms with E-state index in [1.165, 1.54) is 0 Å². The number of benzene rings is 1. The van der Waals surface area contributed by atoms with Crippen molar-refractivity contribution in [1.29, 1.82) is 0 Å². The average Bonchev–Trinajstić information content (AvgIpc) is 2.64. The third-order valence-electron chi connectivity index (χ3n) is 2.62. The van der Waals surface area contributed by atoms with Crippen molar-refractivity contribution in [2.24, 2.45) is 0 Å². The highest BCUT2D eigenvalue weighted by Crippen LogP contribution is 2.36. The van der Waals surface area contributed by atoms with E-state index in [2.05, 4.69) is 21.2 Å². The summed E-state index contributed by atoms with van der Waals surface area (Å²) in [5.74, 6) is 1.17. The maximum Gasteiger partial charge on any atom is 0.220 e. The number of carbonyl (C=O) groups is 1. The fourth-order valence-corrected chi connectivity index (χ4v) is 2.43. The summed E-state index contributed by atoms with van der Waals surface area (Å²) in [5, 5.41) is 2.83. The van der Waals surface area contributed by atoms with Crippen molar-refractivity contribution in [2.45, 2.75) is 12.3 Å². The topological polar surface area (TPSA) is 38.3 Å². The molecule has 80 valence electrons. The summed E-state index contributed by atoms with van der Waals surface area (Å²) < 4.78 is 6.27. The maximum atomic E-state index is 11.1. The van der Waals surface area contributed by atoms with Gasteiger partial charge in [0.15, 0.2) is 0 Å². The van der Waals surface area contributed by atoms with E-state index in [1.807, 2.05) is 18.2 Å². The van der Waals surface area contributed by atoms with Gasteiger partial charge in [0.05, 0.1) is 11.6 Å². The molecule has 4 heteroatoms. The van der Waals surface area contributed by atoms with Crippen LogP contribution in [0.3, 0.4) is 0 Å². The van der Waals surface area contributed by atoms with E-state index in [-0.39, 0.29) is 11.8 Å². The Labute approximate surface area is 96.9 Å². The Kier molecular flexibility index (Phi) is 2.95. The van der Waals surface area contributed by atoms with E-state index in [0.717, 1.165) is 15.8 Å². The number of carbonyl (C=O) groups excluding carboxylic acids is 1. The van der Waals surface area contributed by atoms with Crippen molar-refractivity contribution >= 4 is 21.8 Å². The minimum absolute atomic E-state index is 0.113. The number of methoxy groups -OCH3 is 1. The van der Waals surface area contributed by atoms with Crippen LogP contribution in [0.5, 0.6) is 5.75 Å². The van der Waals surface area contributed by atoms with Gasteiger partial charge in [0.1, 0.15) is 5.75 Å². The molecule has 2 rings (SSSR count). The molecule has 0 radical (unpaired) electrons. The van der Waals surface area contributed by atoms with Gasteiger partial charge in [-0.25, -0.2) is 0 Å². The summed E-state index contributed by atoms with van der Waals surface area (Å²) in [4.78, 5) is 11.1. The van der Waals surface area contributed by atoms with Crippen molar-refractivity contribution in [3.63, 3.8) is 0 Å². The molecule has 3 nitrogen and oxygen atoms in total. The van der Waals surface area contributed by atoms with Gasteiger partial charge in [0, 0.05) is 24.4 Å². The summed E-state index contributed by atoms with van der Waals surface area (Å²) in [6, 6.07) is 5.91. The molecule has 0 aromatic heterocycles. The number of ether oxygens (including phenoxy) is 1. The number of amides is 1. The van der Waals surface area contributed by atoms with E-state index in [0.29, 0.717) is 13.0 Å². The molecule has 1 aromatic rings. The first kappa shape index (κ1) is 10.5. The van der Waals surface area contributed by atoms with Gasteiger partial charge in [0.25, 0.3) is 0 Å². The second-order valence-electron chi connectivity index (χ2n) is 3.57. The lowest BCUT2D eigenvalue weighted by atomic mass is 9.97. The number of hydrogen-bond donors (Lipinski definition) is 1. The van der Waals surface area contributed by atoms with Gasteiger partial charge in [0.2, 0.25) is 5.91 Å². The highest BCUT2D eigenvalue weighted by atomic mass is 79.9. The number of rotatable bonds is 2. The lowest BCUT2D eigenvalue weighted by Gasteiger charge is -2.14. The van der Waals surface area contributed by atoms with E-state index in [1.54, 1.807) is 7.11 Å². The Morgan fingerprint density at radius 3 is 2.93 bits per heavy atom. The minimum atomic E-state index is 0.113. The second-order valence-corrected chi connectivity index (χ2v) is 4.42. The van der Waals surface area contributed by atoms with Crippen LogP contribution in [0, 0.1) is 0 Å². The van der Waals surface area contributed by atoms with Crippen molar-refractivity contribution in [3.05, 3.63) is 28.2 Å². The Morgan fingerprint density at radius 1 is 1.53 bits per heavy atom. The van der Waals surface area contributed by atoms with Gasteiger partial charge in [-0.1, -0.05) is 12.1 Å². The SMILES string of the molecule is COc1c(Br)cccc1C1CNC(=O)C1. The quantitative estimate of drug-likeness (QED) is 0.893. The van der Waals surface area contributed by atoms with E-state index in [4.69, 9.17) is 4.74 Å². The second kappa shape index (κ2) is 4.23. The van der Waals surface area contributed by atoms with Crippen molar-refractivity contribution in [1.82, 2.24) is 5.32 Å². The van der Waals surface area contributed by atoms with Gasteiger partial charge in [-0.05, 0) is 22.0 Å². The van der Waals surface area contributed by atoms with Crippen LogP contribution in [-0.2, 0) is 4.79 Å². The molecule has 0 aliphatic carbocycles. The molecule has 1 amide bonds. The molecule has 1 saturated heterocycles. The standard InChI is InChI=1S/C11H12BrNO2/c1-15-11-8(3-2-4-9(11)12)7-5-10(14)13-6-7/h2-4,7H,5-6H2,1H3,(H,13,14). The maximum absolute atomic E-state index is 11.1. The Hall–Kier alpha value is -1.03. The average molecular weight is 270 g/mol. The fraction of sp³-hybridized carbons (Fsp3) is 0.364. The van der Waals surface area contributed by atoms with Crippen LogP contribution in [0.1, 0.15) is 17.9 Å². The molecule has 1 N–H and O–H groups in total. The normalized spacial score (nSPS) is 20.1. The third-order valence-corrected chi connectivity index (χ3v) is 3.24. The van der Waals surface area contributed by atoms with Crippen LogP contribution in [0.25, 0.3) is 0 Å². The predicted octanol–water partition coefficient (Wildman–Crippen LogP) is 2.06. The highest BCUT2D eigenvalue weighted by molar-refractivity contribution is 9.10. The zero-order valence-corrected chi connectivity index (χ0v) is 10.0. The first-order valence-corrected chi connectivity index (χ1v) is 5.60. The Balaban J connectivity index is 2.35. The smallest absolute Gasteiger partial charge is 0.220 e. The molecule has 1 unspecified atom stereocenters. The van der Waals surface area contributed by atoms with Gasteiger partial charge in [-0.15, -0.1) is 0 Å². The zero-order valence-electron chi connectivity index (χ0n) is 8.42. The third kappa shape index (κ3) is 2.00. The molecule has 0 bridgehead atoms. The molecule has 1 aromatic carbocycles. The molecular formula is C11H12BrNO2. The van der Waals surface area contributed by atoms with Crippen LogP contribution < -0.4 is 10.1 Å². The number of para-hydroxylation sites is 1. The van der Waals surface area contributed by atoms with Crippen LogP contribution in [-0.4, -0.2) is 19.6 Å². The molecule has 0 saturated carbocycles. The van der Waals surface area contributed by atoms with Gasteiger partial charge in [-0.2, -0.15) is 0 Å². The van der Waals surface area contributed by atoms with Crippen LogP contribution in [0.2, 0.25) is 0 Å². The van der Waals surface area contributed by atoms with Crippen molar-refractivity contribution in [2.75, 3.05) is 13.7 Å². The summed E-state index contributed by atoms with van der Waals surface area (Å²) in [6.07, 6.45) is 0.548. The first-order chi connectivity index (χ1) is 7.22. The predicted molar refractivity (Wildman–Crippen MR) is 61.1 cm³/mol. The zero-order chi connectivity index (χ0) is 10.8. The molecular weight excluding hydrogens is 258 g/mol. The summed E-state index contributed by atoms with van der Waals surface area (Å²) in [5.41, 5.74) is 1.09. The molecule has 1 atom stereocenters. The van der Waals surface area contributed by atoms with Gasteiger partial charge >= 0.3 is 0 Å². The number of halogens is 1. The van der Waals surface area contributed by atoms with E-state index in [9.17, 15) is 4.79 Å². The monoisotopic (exact) mass is 269 g/mol. The molecule has 1 aliphatic rings. The van der Waals surface area contributed by atoms with Crippen LogP contribution in [0.15, 0.2) is 22.7 Å². The minimum Gasteiger partial charge on any atom is -0.495 e. The lowest BCUT2D eigenvalue weighted by molar-refractivity contribution is -0.119. The summed E-state index contributed by atoms with van der Waals surface area (Å²) in [6.45, 7) is 0.700. The summed E-state index contributed by atoms with van der Waals surface area (Å²) >= 11 is 3.44. The lowest BCUT2D eigenvalue weighted by Crippen LogP contribution is -2.13. The Morgan fingerprint density at radius 2 is 2.33 bits per heavy atom. The fourth-order valence-electron chi connectivity index (χ4n) is 1.89. The van der Waals surface area contributed by atoms with Crippen LogP contribution >= 0.6 is 15.9 Å². The van der Waals surface area contributed by atoms with Gasteiger partial charge < -0.3 is 10.1 Å². The van der Waals surface area contributed by atoms with Crippen molar-refractivity contribution in [3.8, 4) is 5.75 Å². The first-order valence-electron chi connectivity index (χ1n) is 4.81. The molecule has 1 aliphatic heterocycles. The van der Waals surface area contributed by atoms with Gasteiger partial charge in [-0.3, -0.25) is 4.79 Å². The molecule has 1 fully saturated rings. The number of hydrogen-bond acceptors (Lipinski definition) is 2. The number of nitrogens with one attached hydrogen (secondary N) is 1. The van der Waals surface area contributed by atoms with E-state index < -0.39 is 0 Å². The Bertz CT molecular complexity index is 392. The molecule has 15 heavy (non-hydrogen) atoms. The van der Waals surface area contributed by atoms with E-state index >= 15 is 0 Å². The highest BCUT2D eigenvalue weighted by Gasteiger charge is 2.26. The molecule has 0 spiro atoms. The van der Waals surface area contributed by atoms with Crippen molar-refractivity contribution < 1.29 is 9.53 Å². The van der Waals surface area contributed by atoms with Crippen LogP contribution in [0.4, 0.5) is 0 Å².